The molecule has 0 aliphatic rings. The number of nitrogens with zero attached hydrogens (tertiary/aromatic N) is 2. The van der Waals surface area contributed by atoms with E-state index in [0.717, 1.165) is 23.4 Å². The summed E-state index contributed by atoms with van der Waals surface area (Å²) < 4.78 is 5.12. The van der Waals surface area contributed by atoms with Gasteiger partial charge in [-0.2, -0.15) is 4.98 Å². The number of nitrogens with two attached hydrogens (primary N) is 1. The molecular formula is C12H14ClN3O. The molecule has 0 atom stereocenters. The fourth-order valence-electron chi connectivity index (χ4n) is 1.50. The quantitative estimate of drug-likeness (QED) is 0.885. The topological polar surface area (TPSA) is 64.9 Å². The van der Waals surface area contributed by atoms with Crippen LogP contribution in [0.5, 0.6) is 0 Å². The molecule has 0 aliphatic heterocycles. The second-order valence-electron chi connectivity index (χ2n) is 3.80. The molecule has 1 aromatic carbocycles. The molecule has 0 saturated heterocycles. The number of hydrogen-bond acceptors (Lipinski definition) is 4. The Kier molecular flexibility index (Phi) is 4.12. The van der Waals surface area contributed by atoms with Crippen LogP contribution < -0.4 is 5.73 Å². The van der Waals surface area contributed by atoms with Gasteiger partial charge in [0.15, 0.2) is 5.82 Å². The number of hydrogen-bond donors (Lipinski definition) is 1. The molecule has 1 aromatic heterocycles. The summed E-state index contributed by atoms with van der Waals surface area (Å²) in [6, 6.07) is 7.62. The summed E-state index contributed by atoms with van der Waals surface area (Å²) in [5.74, 6) is 1.35. The van der Waals surface area contributed by atoms with Gasteiger partial charge in [0.25, 0.3) is 0 Å². The summed E-state index contributed by atoms with van der Waals surface area (Å²) in [7, 11) is 0. The zero-order valence-electron chi connectivity index (χ0n) is 9.40. The summed E-state index contributed by atoms with van der Waals surface area (Å²) in [6.45, 7) is 0.634. The Balaban J connectivity index is 1.98. The maximum Gasteiger partial charge on any atom is 0.226 e. The van der Waals surface area contributed by atoms with E-state index < -0.39 is 0 Å². The predicted molar refractivity (Wildman–Crippen MR) is 65.9 cm³/mol. The minimum absolute atomic E-state index is 0.634. The van der Waals surface area contributed by atoms with Gasteiger partial charge in [0.2, 0.25) is 5.89 Å². The zero-order chi connectivity index (χ0) is 12.1. The minimum atomic E-state index is 0.634. The number of aryl methyl sites for hydroxylation is 1. The maximum atomic E-state index is 5.81. The average Bonchev–Trinajstić information content (AvgIpc) is 2.77. The largest absolute Gasteiger partial charge is 0.339 e. The van der Waals surface area contributed by atoms with Gasteiger partial charge in [-0.1, -0.05) is 28.9 Å². The molecule has 2 rings (SSSR count). The molecule has 0 bridgehead atoms. The van der Waals surface area contributed by atoms with Crippen LogP contribution in [0, 0.1) is 0 Å². The van der Waals surface area contributed by atoms with Gasteiger partial charge >= 0.3 is 0 Å². The van der Waals surface area contributed by atoms with Crippen LogP contribution in [-0.4, -0.2) is 16.7 Å². The van der Waals surface area contributed by atoms with Crippen molar-refractivity contribution >= 4 is 11.6 Å². The van der Waals surface area contributed by atoms with Crippen LogP contribution in [-0.2, 0) is 12.8 Å². The molecule has 2 N–H and O–H groups in total. The molecular weight excluding hydrogens is 238 g/mol. The number of rotatable bonds is 5. The highest BCUT2D eigenvalue weighted by Gasteiger charge is 2.06. The van der Waals surface area contributed by atoms with Gasteiger partial charge in [-0.15, -0.1) is 0 Å². The van der Waals surface area contributed by atoms with Crippen molar-refractivity contribution in [2.24, 2.45) is 5.73 Å². The van der Waals surface area contributed by atoms with Crippen LogP contribution in [0.1, 0.15) is 23.7 Å². The monoisotopic (exact) mass is 251 g/mol. The van der Waals surface area contributed by atoms with E-state index >= 15 is 0 Å². The summed E-state index contributed by atoms with van der Waals surface area (Å²) in [5, 5.41) is 4.65. The Hall–Kier alpha value is -1.39. The van der Waals surface area contributed by atoms with Gasteiger partial charge in [-0.25, -0.2) is 0 Å². The van der Waals surface area contributed by atoms with Gasteiger partial charge in [-0.05, 0) is 30.7 Å². The Morgan fingerprint density at radius 2 is 2.00 bits per heavy atom. The summed E-state index contributed by atoms with van der Waals surface area (Å²) in [5.41, 5.74) is 6.53. The highest BCUT2D eigenvalue weighted by molar-refractivity contribution is 6.30. The molecule has 90 valence electrons. The van der Waals surface area contributed by atoms with Crippen molar-refractivity contribution in [3.05, 3.63) is 46.6 Å². The lowest BCUT2D eigenvalue weighted by Crippen LogP contribution is -2.00. The van der Waals surface area contributed by atoms with Gasteiger partial charge in [-0.3, -0.25) is 0 Å². The van der Waals surface area contributed by atoms with Crippen LogP contribution in [0.25, 0.3) is 0 Å². The molecule has 0 unspecified atom stereocenters. The summed E-state index contributed by atoms with van der Waals surface area (Å²) >= 11 is 5.81. The zero-order valence-corrected chi connectivity index (χ0v) is 10.2. The summed E-state index contributed by atoms with van der Waals surface area (Å²) in [4.78, 5) is 4.30. The molecule has 0 radical (unpaired) electrons. The third-order valence-electron chi connectivity index (χ3n) is 2.38. The first kappa shape index (κ1) is 12.1. The van der Waals surface area contributed by atoms with Crippen molar-refractivity contribution in [3.63, 3.8) is 0 Å². The van der Waals surface area contributed by atoms with Gasteiger partial charge < -0.3 is 10.3 Å². The van der Waals surface area contributed by atoms with E-state index in [2.05, 4.69) is 10.1 Å². The first-order valence-corrected chi connectivity index (χ1v) is 5.91. The fourth-order valence-corrected chi connectivity index (χ4v) is 1.63. The van der Waals surface area contributed by atoms with E-state index in [-0.39, 0.29) is 0 Å². The van der Waals surface area contributed by atoms with Crippen molar-refractivity contribution in [2.75, 3.05) is 6.54 Å². The van der Waals surface area contributed by atoms with Gasteiger partial charge in [0, 0.05) is 17.9 Å². The van der Waals surface area contributed by atoms with Crippen LogP contribution in [0.3, 0.4) is 0 Å². The van der Waals surface area contributed by atoms with Crippen LogP contribution in [0.2, 0.25) is 5.02 Å². The van der Waals surface area contributed by atoms with Crippen molar-refractivity contribution in [3.8, 4) is 0 Å². The lowest BCUT2D eigenvalue weighted by Gasteiger charge is -1.96. The number of benzene rings is 1. The smallest absolute Gasteiger partial charge is 0.226 e. The van der Waals surface area contributed by atoms with Crippen LogP contribution in [0.15, 0.2) is 28.8 Å². The molecule has 1 heterocycles. The standard InChI is InChI=1S/C12H14ClN3O/c13-10-5-3-9(4-6-10)8-11-15-12(17-16-11)2-1-7-14/h3-6H,1-2,7-8,14H2. The van der Waals surface area contributed by atoms with E-state index in [0.29, 0.717) is 24.7 Å². The molecule has 17 heavy (non-hydrogen) atoms. The Bertz CT molecular complexity index is 467. The molecule has 0 fully saturated rings. The normalized spacial score (nSPS) is 10.7. The Morgan fingerprint density at radius 1 is 1.24 bits per heavy atom. The molecule has 0 saturated carbocycles. The van der Waals surface area contributed by atoms with E-state index in [1.807, 2.05) is 24.3 Å². The van der Waals surface area contributed by atoms with Crippen molar-refractivity contribution in [1.29, 1.82) is 0 Å². The SMILES string of the molecule is NCCCc1nc(Cc2ccc(Cl)cc2)no1. The first-order chi connectivity index (χ1) is 8.28. The molecule has 5 heteroatoms. The lowest BCUT2D eigenvalue weighted by molar-refractivity contribution is 0.371. The Labute approximate surface area is 105 Å². The van der Waals surface area contributed by atoms with Gasteiger partial charge in [0.05, 0.1) is 0 Å². The molecule has 0 amide bonds. The van der Waals surface area contributed by atoms with Crippen LogP contribution >= 0.6 is 11.6 Å². The molecule has 0 spiro atoms. The van der Waals surface area contributed by atoms with E-state index in [1.54, 1.807) is 0 Å². The van der Waals surface area contributed by atoms with Crippen molar-refractivity contribution in [2.45, 2.75) is 19.3 Å². The number of halogens is 1. The average molecular weight is 252 g/mol. The predicted octanol–water partition coefficient (Wildman–Crippen LogP) is 2.21. The van der Waals surface area contributed by atoms with Crippen molar-refractivity contribution in [1.82, 2.24) is 10.1 Å². The fraction of sp³-hybridized carbons (Fsp3) is 0.333. The van der Waals surface area contributed by atoms with E-state index in [9.17, 15) is 0 Å². The lowest BCUT2D eigenvalue weighted by atomic mass is 10.1. The van der Waals surface area contributed by atoms with Gasteiger partial charge in [0.1, 0.15) is 0 Å². The Morgan fingerprint density at radius 3 is 2.71 bits per heavy atom. The molecule has 4 nitrogen and oxygen atoms in total. The first-order valence-electron chi connectivity index (χ1n) is 5.54. The molecule has 0 aliphatic carbocycles. The maximum absolute atomic E-state index is 5.81. The highest BCUT2D eigenvalue weighted by Crippen LogP contribution is 2.12. The van der Waals surface area contributed by atoms with Crippen molar-refractivity contribution < 1.29 is 4.52 Å². The number of aromatic nitrogens is 2. The highest BCUT2D eigenvalue weighted by atomic mass is 35.5. The third-order valence-corrected chi connectivity index (χ3v) is 2.63. The molecule has 2 aromatic rings. The van der Waals surface area contributed by atoms with Crippen LogP contribution in [0.4, 0.5) is 0 Å². The van der Waals surface area contributed by atoms with E-state index in [1.165, 1.54) is 0 Å². The summed E-state index contributed by atoms with van der Waals surface area (Å²) in [6.07, 6.45) is 2.26. The minimum Gasteiger partial charge on any atom is -0.339 e. The van der Waals surface area contributed by atoms with E-state index in [4.69, 9.17) is 21.9 Å². The second kappa shape index (κ2) is 5.80. The third kappa shape index (κ3) is 3.54. The second-order valence-corrected chi connectivity index (χ2v) is 4.24.